The predicted molar refractivity (Wildman–Crippen MR) is 82.9 cm³/mol. The maximum absolute atomic E-state index is 12.0. The van der Waals surface area contributed by atoms with Crippen molar-refractivity contribution in [3.63, 3.8) is 0 Å². The lowest BCUT2D eigenvalue weighted by Crippen LogP contribution is -2.46. The number of aliphatic carboxylic acids is 1. The molecule has 0 aromatic heterocycles. The predicted octanol–water partition coefficient (Wildman–Crippen LogP) is 2.48. The van der Waals surface area contributed by atoms with Gasteiger partial charge in [0.05, 0.1) is 6.04 Å². The first-order valence-electron chi connectivity index (χ1n) is 7.97. The molecule has 1 aliphatic heterocycles. The molecule has 0 spiro atoms. The molecule has 0 aromatic carbocycles. The SMILES string of the molecule is C[C@H](CCC(=O)O)CC(NC(=O)OC(C)(C)C)C1CCC(=O)O1. The van der Waals surface area contributed by atoms with Crippen molar-refractivity contribution in [3.05, 3.63) is 0 Å². The second kappa shape index (κ2) is 8.17. The van der Waals surface area contributed by atoms with E-state index in [4.69, 9.17) is 14.6 Å². The van der Waals surface area contributed by atoms with Gasteiger partial charge in [-0.3, -0.25) is 9.59 Å². The fourth-order valence-corrected chi connectivity index (χ4v) is 2.51. The summed E-state index contributed by atoms with van der Waals surface area (Å²) in [7, 11) is 0. The lowest BCUT2D eigenvalue weighted by atomic mass is 9.93. The third-order valence-electron chi connectivity index (χ3n) is 3.57. The number of carboxylic acid groups (broad SMARTS) is 1. The fraction of sp³-hybridized carbons (Fsp3) is 0.812. The largest absolute Gasteiger partial charge is 0.481 e. The van der Waals surface area contributed by atoms with Gasteiger partial charge in [0.1, 0.15) is 11.7 Å². The number of carbonyl (C=O) groups is 3. The molecule has 2 N–H and O–H groups in total. The lowest BCUT2D eigenvalue weighted by molar-refractivity contribution is -0.142. The molecule has 0 saturated carbocycles. The smallest absolute Gasteiger partial charge is 0.408 e. The van der Waals surface area contributed by atoms with Gasteiger partial charge in [0.2, 0.25) is 0 Å². The summed E-state index contributed by atoms with van der Waals surface area (Å²) >= 11 is 0. The molecule has 1 saturated heterocycles. The second-order valence-corrected chi connectivity index (χ2v) is 7.09. The van der Waals surface area contributed by atoms with Crippen LogP contribution in [0.25, 0.3) is 0 Å². The van der Waals surface area contributed by atoms with Gasteiger partial charge < -0.3 is 19.9 Å². The summed E-state index contributed by atoms with van der Waals surface area (Å²) in [6.45, 7) is 7.23. The monoisotopic (exact) mass is 329 g/mol. The summed E-state index contributed by atoms with van der Waals surface area (Å²) in [6.07, 6.45) is 1.04. The van der Waals surface area contributed by atoms with E-state index >= 15 is 0 Å². The zero-order valence-corrected chi connectivity index (χ0v) is 14.3. The number of esters is 1. The summed E-state index contributed by atoms with van der Waals surface area (Å²) < 4.78 is 10.5. The number of cyclic esters (lactones) is 1. The number of rotatable bonds is 7. The van der Waals surface area contributed by atoms with Crippen molar-refractivity contribution in [1.29, 1.82) is 0 Å². The number of carboxylic acids is 1. The Morgan fingerprint density at radius 1 is 1.43 bits per heavy atom. The van der Waals surface area contributed by atoms with Gasteiger partial charge in [0, 0.05) is 12.8 Å². The Balaban J connectivity index is 2.63. The first kappa shape index (κ1) is 19.3. The Kier molecular flexibility index (Phi) is 6.84. The van der Waals surface area contributed by atoms with Crippen molar-refractivity contribution in [1.82, 2.24) is 5.32 Å². The molecule has 2 unspecified atom stereocenters. The molecule has 1 aliphatic rings. The van der Waals surface area contributed by atoms with Crippen molar-refractivity contribution < 1.29 is 29.0 Å². The van der Waals surface area contributed by atoms with Crippen molar-refractivity contribution in [3.8, 4) is 0 Å². The molecular formula is C16H27NO6. The molecule has 7 heteroatoms. The quantitative estimate of drug-likeness (QED) is 0.696. The zero-order chi connectivity index (χ0) is 17.6. The van der Waals surface area contributed by atoms with Crippen LogP contribution in [0.2, 0.25) is 0 Å². The zero-order valence-electron chi connectivity index (χ0n) is 14.3. The van der Waals surface area contributed by atoms with Gasteiger partial charge in [-0.25, -0.2) is 4.79 Å². The Labute approximate surface area is 136 Å². The molecule has 0 aromatic rings. The van der Waals surface area contributed by atoms with Crippen LogP contribution in [0, 0.1) is 5.92 Å². The van der Waals surface area contributed by atoms with Crippen molar-refractivity contribution in [2.45, 2.75) is 77.5 Å². The fourth-order valence-electron chi connectivity index (χ4n) is 2.51. The first-order valence-corrected chi connectivity index (χ1v) is 7.97. The number of alkyl carbamates (subject to hydrolysis) is 1. The topological polar surface area (TPSA) is 102 Å². The van der Waals surface area contributed by atoms with Crippen LogP contribution in [0.5, 0.6) is 0 Å². The Bertz CT molecular complexity index is 442. The summed E-state index contributed by atoms with van der Waals surface area (Å²) in [5.41, 5.74) is -0.615. The van der Waals surface area contributed by atoms with E-state index in [0.29, 0.717) is 25.7 Å². The Hall–Kier alpha value is -1.79. The highest BCUT2D eigenvalue weighted by molar-refractivity contribution is 5.72. The molecule has 132 valence electrons. The van der Waals surface area contributed by atoms with Crippen LogP contribution in [0.4, 0.5) is 4.79 Å². The van der Waals surface area contributed by atoms with Crippen LogP contribution in [-0.4, -0.2) is 40.9 Å². The van der Waals surface area contributed by atoms with Gasteiger partial charge in [-0.2, -0.15) is 0 Å². The highest BCUT2D eigenvalue weighted by Gasteiger charge is 2.34. The molecule has 23 heavy (non-hydrogen) atoms. The van der Waals surface area contributed by atoms with Gasteiger partial charge in [0.15, 0.2) is 0 Å². The van der Waals surface area contributed by atoms with Crippen molar-refractivity contribution in [2.24, 2.45) is 5.92 Å². The van der Waals surface area contributed by atoms with Crippen LogP contribution in [0.3, 0.4) is 0 Å². The van der Waals surface area contributed by atoms with Gasteiger partial charge >= 0.3 is 18.0 Å². The van der Waals surface area contributed by atoms with Crippen LogP contribution < -0.4 is 5.32 Å². The van der Waals surface area contributed by atoms with E-state index in [1.807, 2.05) is 6.92 Å². The van der Waals surface area contributed by atoms with Gasteiger partial charge in [-0.1, -0.05) is 6.92 Å². The number of nitrogens with one attached hydrogen (secondary N) is 1. The maximum atomic E-state index is 12.0. The molecule has 0 radical (unpaired) electrons. The van der Waals surface area contributed by atoms with E-state index in [0.717, 1.165) is 0 Å². The summed E-state index contributed by atoms with van der Waals surface area (Å²) in [5, 5.41) is 11.5. The molecular weight excluding hydrogens is 302 g/mol. The average molecular weight is 329 g/mol. The van der Waals surface area contributed by atoms with E-state index in [9.17, 15) is 14.4 Å². The van der Waals surface area contributed by atoms with Crippen LogP contribution in [0.15, 0.2) is 0 Å². The molecule has 1 amide bonds. The molecule has 1 heterocycles. The van der Waals surface area contributed by atoms with Crippen LogP contribution >= 0.6 is 0 Å². The van der Waals surface area contributed by atoms with E-state index in [1.54, 1.807) is 20.8 Å². The molecule has 0 aliphatic carbocycles. The minimum Gasteiger partial charge on any atom is -0.481 e. The maximum Gasteiger partial charge on any atom is 0.408 e. The third kappa shape index (κ3) is 7.85. The van der Waals surface area contributed by atoms with Gasteiger partial charge in [0.25, 0.3) is 0 Å². The summed E-state index contributed by atoms with van der Waals surface area (Å²) in [4.78, 5) is 34.0. The van der Waals surface area contributed by atoms with Crippen LogP contribution in [0.1, 0.15) is 59.8 Å². The summed E-state index contributed by atoms with van der Waals surface area (Å²) in [5.74, 6) is -1.05. The number of carbonyl (C=O) groups excluding carboxylic acids is 2. The normalized spacial score (nSPS) is 20.5. The number of ether oxygens (including phenoxy) is 2. The third-order valence-corrected chi connectivity index (χ3v) is 3.57. The number of hydrogen-bond acceptors (Lipinski definition) is 5. The van der Waals surface area contributed by atoms with Gasteiger partial charge in [-0.05, 0) is 46.0 Å². The van der Waals surface area contributed by atoms with E-state index in [1.165, 1.54) is 0 Å². The highest BCUT2D eigenvalue weighted by Crippen LogP contribution is 2.23. The second-order valence-electron chi connectivity index (χ2n) is 7.09. The molecule has 7 nitrogen and oxygen atoms in total. The molecule has 1 rings (SSSR count). The van der Waals surface area contributed by atoms with Gasteiger partial charge in [-0.15, -0.1) is 0 Å². The first-order chi connectivity index (χ1) is 10.6. The Morgan fingerprint density at radius 2 is 2.09 bits per heavy atom. The lowest BCUT2D eigenvalue weighted by Gasteiger charge is -2.28. The molecule has 1 fully saturated rings. The number of amides is 1. The molecule has 3 atom stereocenters. The highest BCUT2D eigenvalue weighted by atomic mass is 16.6. The minimum absolute atomic E-state index is 0.0742. The summed E-state index contributed by atoms with van der Waals surface area (Å²) in [6, 6.07) is -0.375. The number of hydrogen-bond donors (Lipinski definition) is 2. The van der Waals surface area contributed by atoms with Crippen molar-refractivity contribution >= 4 is 18.0 Å². The van der Waals surface area contributed by atoms with E-state index in [2.05, 4.69) is 5.32 Å². The van der Waals surface area contributed by atoms with E-state index < -0.39 is 17.7 Å². The average Bonchev–Trinajstić information content (AvgIpc) is 2.80. The van der Waals surface area contributed by atoms with Crippen molar-refractivity contribution in [2.75, 3.05) is 0 Å². The Morgan fingerprint density at radius 3 is 2.57 bits per heavy atom. The minimum atomic E-state index is -0.846. The molecule has 0 bridgehead atoms. The van der Waals surface area contributed by atoms with Crippen LogP contribution in [-0.2, 0) is 19.1 Å². The standard InChI is InChI=1S/C16H27NO6/c1-10(5-7-13(18)19)9-11(12-6-8-14(20)22-12)17-15(21)23-16(2,3)4/h10-12H,5-9H2,1-4H3,(H,17,21)(H,18,19)/t10-,11?,12?/m1/s1. The van der Waals surface area contributed by atoms with E-state index in [-0.39, 0.29) is 30.5 Å².